The number of aliphatic imine (C=N–C) groups is 1. The van der Waals surface area contributed by atoms with Crippen LogP contribution in [0.4, 0.5) is 0 Å². The van der Waals surface area contributed by atoms with Gasteiger partial charge in [-0.2, -0.15) is 0 Å². The minimum absolute atomic E-state index is 0.514. The second-order valence-electron chi connectivity index (χ2n) is 4.58. The number of nitrogens with zero attached hydrogens (tertiary/aromatic N) is 3. The molecular formula is C13H11N3. The van der Waals surface area contributed by atoms with Gasteiger partial charge in [-0.1, -0.05) is 0 Å². The van der Waals surface area contributed by atoms with E-state index in [0.29, 0.717) is 11.8 Å². The van der Waals surface area contributed by atoms with Crippen LogP contribution in [0.15, 0.2) is 29.5 Å². The zero-order valence-electron chi connectivity index (χ0n) is 8.80. The third kappa shape index (κ3) is 1.00. The highest BCUT2D eigenvalue weighted by molar-refractivity contribution is 5.81. The fourth-order valence-electron chi connectivity index (χ4n) is 2.91. The van der Waals surface area contributed by atoms with Crippen LogP contribution in [0.2, 0.25) is 0 Å². The first-order chi connectivity index (χ1) is 7.92. The molecule has 0 spiro atoms. The highest BCUT2D eigenvalue weighted by Gasteiger charge is 2.32. The average Bonchev–Trinajstić information content (AvgIpc) is 2.59. The lowest BCUT2D eigenvalue weighted by Crippen LogP contribution is -2.04. The lowest BCUT2D eigenvalue weighted by atomic mass is 10.00. The molecule has 3 heteroatoms. The molecule has 2 aromatic rings. The standard InChI is InChI=1S/C13H11N3/c1-2-16-13-5-11-9-3-8(6-14-7-9)10(11)4-12(13)15-1/h1-2,4-6,8-9H,3,7H2/t8-,9+/m0/s1. The number of hydrogen-bond acceptors (Lipinski definition) is 3. The van der Waals surface area contributed by atoms with Crippen LogP contribution in [-0.2, 0) is 0 Å². The predicted octanol–water partition coefficient (Wildman–Crippen LogP) is 2.29. The van der Waals surface area contributed by atoms with Crippen molar-refractivity contribution in [2.24, 2.45) is 4.99 Å². The van der Waals surface area contributed by atoms with E-state index in [1.165, 1.54) is 17.5 Å². The Balaban J connectivity index is 2.04. The molecule has 0 unspecified atom stereocenters. The van der Waals surface area contributed by atoms with Gasteiger partial charge in [0.15, 0.2) is 0 Å². The number of aromatic nitrogens is 2. The van der Waals surface area contributed by atoms with Crippen LogP contribution in [0, 0.1) is 0 Å². The second kappa shape index (κ2) is 2.88. The van der Waals surface area contributed by atoms with E-state index in [0.717, 1.165) is 17.6 Å². The first-order valence-corrected chi connectivity index (χ1v) is 5.66. The Morgan fingerprint density at radius 3 is 2.56 bits per heavy atom. The van der Waals surface area contributed by atoms with Crippen molar-refractivity contribution >= 4 is 17.2 Å². The molecule has 0 radical (unpaired) electrons. The second-order valence-corrected chi connectivity index (χ2v) is 4.58. The van der Waals surface area contributed by atoms with Gasteiger partial charge in [0.1, 0.15) is 0 Å². The summed E-state index contributed by atoms with van der Waals surface area (Å²) in [6.45, 7) is 0.940. The van der Waals surface area contributed by atoms with Gasteiger partial charge in [-0.05, 0) is 29.7 Å². The highest BCUT2D eigenvalue weighted by atomic mass is 14.8. The van der Waals surface area contributed by atoms with Gasteiger partial charge in [-0.15, -0.1) is 0 Å². The third-order valence-electron chi connectivity index (χ3n) is 3.66. The zero-order valence-corrected chi connectivity index (χ0v) is 8.80. The van der Waals surface area contributed by atoms with Gasteiger partial charge < -0.3 is 0 Å². The molecule has 4 rings (SSSR count). The van der Waals surface area contributed by atoms with E-state index in [-0.39, 0.29) is 0 Å². The van der Waals surface area contributed by atoms with E-state index >= 15 is 0 Å². The van der Waals surface area contributed by atoms with Gasteiger partial charge in [0.25, 0.3) is 0 Å². The molecule has 1 aliphatic heterocycles. The molecule has 2 atom stereocenters. The molecule has 2 bridgehead atoms. The Kier molecular flexibility index (Phi) is 1.51. The van der Waals surface area contributed by atoms with Gasteiger partial charge in [-0.3, -0.25) is 15.0 Å². The lowest BCUT2D eigenvalue weighted by molar-refractivity contribution is 0.647. The average molecular weight is 209 g/mol. The van der Waals surface area contributed by atoms with Crippen molar-refractivity contribution < 1.29 is 0 Å². The largest absolute Gasteiger partial charge is 0.296 e. The maximum absolute atomic E-state index is 4.44. The van der Waals surface area contributed by atoms with Gasteiger partial charge in [0.05, 0.1) is 11.0 Å². The van der Waals surface area contributed by atoms with Crippen molar-refractivity contribution in [2.75, 3.05) is 6.54 Å². The fraction of sp³-hybridized carbons (Fsp3) is 0.308. The molecule has 0 fully saturated rings. The number of fused-ring (bicyclic) bond motifs is 6. The lowest BCUT2D eigenvalue weighted by Gasteiger charge is -2.11. The number of benzene rings is 1. The number of rotatable bonds is 0. The maximum Gasteiger partial charge on any atom is 0.0889 e. The topological polar surface area (TPSA) is 38.1 Å². The normalized spacial score (nSPS) is 26.0. The van der Waals surface area contributed by atoms with E-state index < -0.39 is 0 Å². The van der Waals surface area contributed by atoms with Gasteiger partial charge in [0.2, 0.25) is 0 Å². The molecule has 1 aromatic heterocycles. The quantitative estimate of drug-likeness (QED) is 0.667. The first kappa shape index (κ1) is 8.39. The number of hydrogen-bond donors (Lipinski definition) is 0. The molecule has 0 N–H and O–H groups in total. The molecule has 0 amide bonds. The molecular weight excluding hydrogens is 198 g/mol. The minimum Gasteiger partial charge on any atom is -0.296 e. The highest BCUT2D eigenvalue weighted by Crippen LogP contribution is 2.44. The van der Waals surface area contributed by atoms with Crippen LogP contribution in [0.25, 0.3) is 11.0 Å². The van der Waals surface area contributed by atoms with Crippen molar-refractivity contribution in [1.29, 1.82) is 0 Å². The first-order valence-electron chi connectivity index (χ1n) is 5.66. The summed E-state index contributed by atoms with van der Waals surface area (Å²) in [5.41, 5.74) is 4.87. The molecule has 1 aliphatic carbocycles. The molecule has 0 saturated heterocycles. The Hall–Kier alpha value is -1.77. The van der Waals surface area contributed by atoms with Crippen molar-refractivity contribution in [3.63, 3.8) is 0 Å². The Morgan fingerprint density at radius 2 is 1.75 bits per heavy atom. The molecule has 78 valence electrons. The summed E-state index contributed by atoms with van der Waals surface area (Å²) < 4.78 is 0. The predicted molar refractivity (Wildman–Crippen MR) is 63.0 cm³/mol. The summed E-state index contributed by atoms with van der Waals surface area (Å²) in [4.78, 5) is 13.2. The van der Waals surface area contributed by atoms with Gasteiger partial charge in [-0.25, -0.2) is 0 Å². The van der Waals surface area contributed by atoms with Crippen LogP contribution in [-0.4, -0.2) is 22.7 Å². The molecule has 1 aromatic carbocycles. The SMILES string of the molecule is C1=NC[C@H]2C[C@@H]1c1cc3nccnc3cc12. The van der Waals surface area contributed by atoms with E-state index in [9.17, 15) is 0 Å². The summed E-state index contributed by atoms with van der Waals surface area (Å²) in [7, 11) is 0. The van der Waals surface area contributed by atoms with Crippen LogP contribution in [0.3, 0.4) is 0 Å². The molecule has 16 heavy (non-hydrogen) atoms. The molecule has 3 nitrogen and oxygen atoms in total. The minimum atomic E-state index is 0.514. The molecule has 0 saturated carbocycles. The summed E-state index contributed by atoms with van der Waals surface area (Å²) in [5.74, 6) is 1.12. The van der Waals surface area contributed by atoms with Crippen molar-refractivity contribution in [3.05, 3.63) is 35.7 Å². The zero-order chi connectivity index (χ0) is 10.5. The van der Waals surface area contributed by atoms with Crippen LogP contribution in [0.1, 0.15) is 29.4 Å². The molecule has 2 heterocycles. The van der Waals surface area contributed by atoms with E-state index in [4.69, 9.17) is 0 Å². The van der Waals surface area contributed by atoms with E-state index in [1.807, 2.05) is 0 Å². The van der Waals surface area contributed by atoms with Crippen LogP contribution >= 0.6 is 0 Å². The fourth-order valence-corrected chi connectivity index (χ4v) is 2.91. The summed E-state index contributed by atoms with van der Waals surface area (Å²) in [6.07, 6.45) is 6.83. The Labute approximate surface area is 93.3 Å². The van der Waals surface area contributed by atoms with Gasteiger partial charge >= 0.3 is 0 Å². The van der Waals surface area contributed by atoms with Crippen molar-refractivity contribution in [3.8, 4) is 0 Å². The van der Waals surface area contributed by atoms with Crippen LogP contribution in [0.5, 0.6) is 0 Å². The van der Waals surface area contributed by atoms with E-state index in [1.54, 1.807) is 12.4 Å². The summed E-state index contributed by atoms with van der Waals surface area (Å²) in [6, 6.07) is 4.40. The summed E-state index contributed by atoms with van der Waals surface area (Å²) >= 11 is 0. The van der Waals surface area contributed by atoms with Crippen molar-refractivity contribution in [1.82, 2.24) is 9.97 Å². The third-order valence-corrected chi connectivity index (χ3v) is 3.66. The van der Waals surface area contributed by atoms with Gasteiger partial charge in [0, 0.05) is 37.0 Å². The summed E-state index contributed by atoms with van der Waals surface area (Å²) in [5, 5.41) is 0. The maximum atomic E-state index is 4.44. The molecule has 2 aliphatic rings. The van der Waals surface area contributed by atoms with E-state index in [2.05, 4.69) is 33.3 Å². The van der Waals surface area contributed by atoms with Crippen LogP contribution < -0.4 is 0 Å². The monoisotopic (exact) mass is 209 g/mol. The Bertz CT molecular complexity index is 603. The van der Waals surface area contributed by atoms with Crippen molar-refractivity contribution in [2.45, 2.75) is 18.3 Å². The smallest absolute Gasteiger partial charge is 0.0889 e. The Morgan fingerprint density at radius 1 is 1.00 bits per heavy atom.